The molecule has 46 heavy (non-hydrogen) atoms. The topological polar surface area (TPSA) is 224 Å². The van der Waals surface area contributed by atoms with E-state index in [0.29, 0.717) is 30.5 Å². The zero-order valence-corrected chi connectivity index (χ0v) is 27.1. The van der Waals surface area contributed by atoms with Crippen LogP contribution < -0.4 is 27.1 Å². The SMILES string of the molecule is CCOC(=O)c1c(C)cc2nc(COC(=O)NCCOC(=O)[C@H](N)CCCCN)n(-c3ccccc3S(=O)(=O)NC)c(=O)c2c1C. The number of benzene rings is 2. The summed E-state index contributed by atoms with van der Waals surface area (Å²) < 4.78 is 44.7. The molecule has 0 radical (unpaired) electrons. The summed E-state index contributed by atoms with van der Waals surface area (Å²) >= 11 is 0. The number of hydrogen-bond acceptors (Lipinski definition) is 12. The first kappa shape index (κ1) is 36.1. The maximum absolute atomic E-state index is 14.2. The van der Waals surface area contributed by atoms with E-state index < -0.39 is 46.3 Å². The molecule has 0 fully saturated rings. The number of para-hydroxylation sites is 1. The van der Waals surface area contributed by atoms with Crippen LogP contribution in [0.25, 0.3) is 16.6 Å². The fourth-order valence-corrected chi connectivity index (χ4v) is 5.71. The van der Waals surface area contributed by atoms with Crippen LogP contribution >= 0.6 is 0 Å². The maximum Gasteiger partial charge on any atom is 0.407 e. The van der Waals surface area contributed by atoms with Crippen LogP contribution in [0.15, 0.2) is 40.0 Å². The number of unbranched alkanes of at least 4 members (excludes halogenated alkanes) is 1. The van der Waals surface area contributed by atoms with Gasteiger partial charge in [0, 0.05) is 0 Å². The number of hydrogen-bond donors (Lipinski definition) is 4. The Labute approximate surface area is 266 Å². The molecule has 0 aliphatic carbocycles. The average Bonchev–Trinajstić information content (AvgIpc) is 3.01. The van der Waals surface area contributed by atoms with Crippen LogP contribution in [0.5, 0.6) is 0 Å². The number of ether oxygens (including phenoxy) is 3. The van der Waals surface area contributed by atoms with E-state index in [-0.39, 0.29) is 52.6 Å². The summed E-state index contributed by atoms with van der Waals surface area (Å²) in [7, 11) is -2.83. The van der Waals surface area contributed by atoms with Crippen molar-refractivity contribution in [3.05, 3.63) is 63.2 Å². The van der Waals surface area contributed by atoms with Crippen LogP contribution in [0.3, 0.4) is 0 Å². The second-order valence-electron chi connectivity index (χ2n) is 10.2. The maximum atomic E-state index is 14.2. The van der Waals surface area contributed by atoms with Gasteiger partial charge in [-0.15, -0.1) is 0 Å². The van der Waals surface area contributed by atoms with E-state index in [2.05, 4.69) is 15.0 Å². The molecular weight excluding hydrogens is 620 g/mol. The largest absolute Gasteiger partial charge is 0.463 e. The molecule has 0 aliphatic heterocycles. The Kier molecular flexibility index (Phi) is 12.8. The fraction of sp³-hybridized carbons (Fsp3) is 0.433. The van der Waals surface area contributed by atoms with E-state index in [1.807, 2.05) is 0 Å². The lowest BCUT2D eigenvalue weighted by molar-refractivity contribution is -0.145. The number of nitrogens with zero attached hydrogens (tertiary/aromatic N) is 2. The summed E-state index contributed by atoms with van der Waals surface area (Å²) in [5.74, 6) is -1.32. The van der Waals surface area contributed by atoms with Gasteiger partial charge in [-0.1, -0.05) is 18.6 Å². The van der Waals surface area contributed by atoms with Crippen molar-refractivity contribution in [2.45, 2.75) is 57.6 Å². The van der Waals surface area contributed by atoms with E-state index in [1.54, 1.807) is 20.8 Å². The molecule has 0 saturated carbocycles. The predicted molar refractivity (Wildman–Crippen MR) is 169 cm³/mol. The second-order valence-corrected chi connectivity index (χ2v) is 12.1. The lowest BCUT2D eigenvalue weighted by Crippen LogP contribution is -2.35. The summed E-state index contributed by atoms with van der Waals surface area (Å²) in [6, 6.07) is 6.49. The Morgan fingerprint density at radius 3 is 2.48 bits per heavy atom. The Hall–Kier alpha value is -4.38. The molecule has 1 aromatic heterocycles. The number of aromatic nitrogens is 2. The Morgan fingerprint density at radius 2 is 1.80 bits per heavy atom. The molecule has 0 aliphatic rings. The van der Waals surface area contributed by atoms with Crippen molar-refractivity contribution in [1.29, 1.82) is 0 Å². The van der Waals surface area contributed by atoms with E-state index in [0.717, 1.165) is 11.0 Å². The van der Waals surface area contributed by atoms with Gasteiger partial charge in [0.15, 0.2) is 12.4 Å². The molecule has 16 heteroatoms. The van der Waals surface area contributed by atoms with Crippen molar-refractivity contribution in [3.63, 3.8) is 0 Å². The number of aryl methyl sites for hydroxylation is 2. The molecule has 0 spiro atoms. The van der Waals surface area contributed by atoms with E-state index >= 15 is 0 Å². The highest BCUT2D eigenvalue weighted by molar-refractivity contribution is 7.89. The normalized spacial score (nSPS) is 12.0. The molecule has 6 N–H and O–H groups in total. The van der Waals surface area contributed by atoms with Gasteiger partial charge in [-0.05, 0) is 76.5 Å². The zero-order chi connectivity index (χ0) is 34.0. The van der Waals surface area contributed by atoms with Gasteiger partial charge in [0.25, 0.3) is 5.56 Å². The molecular formula is C30H40N6O9S. The van der Waals surface area contributed by atoms with Crippen molar-refractivity contribution in [2.24, 2.45) is 11.5 Å². The third-order valence-corrected chi connectivity index (χ3v) is 8.50. The number of nitrogens with one attached hydrogen (secondary N) is 2. The molecule has 3 aromatic rings. The quantitative estimate of drug-likeness (QED) is 0.103. The van der Waals surface area contributed by atoms with Gasteiger partial charge in [-0.25, -0.2) is 27.7 Å². The van der Waals surface area contributed by atoms with E-state index in [9.17, 15) is 27.6 Å². The number of rotatable bonds is 15. The molecule has 1 heterocycles. The smallest absolute Gasteiger partial charge is 0.407 e. The molecule has 0 bridgehead atoms. The highest BCUT2D eigenvalue weighted by atomic mass is 32.2. The van der Waals surface area contributed by atoms with Crippen molar-refractivity contribution < 1.29 is 37.0 Å². The molecule has 0 unspecified atom stereocenters. The van der Waals surface area contributed by atoms with Crippen LogP contribution in [0.4, 0.5) is 4.79 Å². The number of carbonyl (C=O) groups is 3. The molecule has 1 atom stereocenters. The predicted octanol–water partition coefficient (Wildman–Crippen LogP) is 1.31. The Bertz CT molecular complexity index is 1760. The van der Waals surface area contributed by atoms with Crippen molar-refractivity contribution in [2.75, 3.05) is 33.4 Å². The van der Waals surface area contributed by atoms with E-state index in [1.165, 1.54) is 37.4 Å². The third-order valence-electron chi connectivity index (χ3n) is 7.04. The minimum absolute atomic E-state index is 0.0531. The Morgan fingerprint density at radius 1 is 1.09 bits per heavy atom. The molecule has 3 rings (SSSR count). The van der Waals surface area contributed by atoms with Crippen molar-refractivity contribution in [3.8, 4) is 5.69 Å². The molecule has 250 valence electrons. The van der Waals surface area contributed by atoms with Gasteiger partial charge in [0.05, 0.1) is 35.3 Å². The van der Waals surface area contributed by atoms with Crippen molar-refractivity contribution >= 4 is 39.0 Å². The highest BCUT2D eigenvalue weighted by Gasteiger charge is 2.25. The number of sulfonamides is 1. The highest BCUT2D eigenvalue weighted by Crippen LogP contribution is 2.26. The zero-order valence-electron chi connectivity index (χ0n) is 26.3. The first-order valence-electron chi connectivity index (χ1n) is 14.7. The van der Waals surface area contributed by atoms with Gasteiger partial charge in [-0.2, -0.15) is 0 Å². The lowest BCUT2D eigenvalue weighted by Gasteiger charge is -2.19. The standard InChI is InChI=1S/C30H40N6O9S/c1-5-43-29(39)25-18(2)16-21-26(19(25)3)27(37)36(22-11-6-7-12-23(22)46(41,42)33-4)24(35-21)17-45-30(40)34-14-15-44-28(38)20(32)10-8-9-13-31/h6-7,11-12,16,20,33H,5,8-10,13-15,17,31-32H2,1-4H3,(H,34,40)/t20-/m1/s1. The van der Waals surface area contributed by atoms with Crippen LogP contribution in [0.1, 0.15) is 53.5 Å². The summed E-state index contributed by atoms with van der Waals surface area (Å²) in [6.45, 7) is 4.73. The number of esters is 2. The van der Waals surface area contributed by atoms with Gasteiger partial charge >= 0.3 is 18.0 Å². The summed E-state index contributed by atoms with van der Waals surface area (Å²) in [5.41, 5.74) is 11.7. The van der Waals surface area contributed by atoms with Gasteiger partial charge in [-0.3, -0.25) is 14.2 Å². The average molecular weight is 661 g/mol. The summed E-state index contributed by atoms with van der Waals surface area (Å²) in [4.78, 5) is 55.8. The summed E-state index contributed by atoms with van der Waals surface area (Å²) in [6.07, 6.45) is 0.931. The first-order chi connectivity index (χ1) is 21.9. The monoisotopic (exact) mass is 660 g/mol. The number of nitrogens with two attached hydrogens (primary N) is 2. The lowest BCUT2D eigenvalue weighted by atomic mass is 9.98. The minimum Gasteiger partial charge on any atom is -0.463 e. The number of amides is 1. The van der Waals surface area contributed by atoms with Crippen LogP contribution in [-0.2, 0) is 35.6 Å². The van der Waals surface area contributed by atoms with Crippen molar-refractivity contribution in [1.82, 2.24) is 19.6 Å². The minimum atomic E-state index is -4.06. The fourth-order valence-electron chi connectivity index (χ4n) is 4.80. The van der Waals surface area contributed by atoms with Gasteiger partial charge < -0.3 is 31.0 Å². The third kappa shape index (κ3) is 8.45. The molecule has 0 saturated heterocycles. The summed E-state index contributed by atoms with van der Waals surface area (Å²) in [5, 5.41) is 2.49. The van der Waals surface area contributed by atoms with Gasteiger partial charge in [0.2, 0.25) is 10.0 Å². The number of fused-ring (bicyclic) bond motifs is 1. The van der Waals surface area contributed by atoms with Crippen LogP contribution in [-0.4, -0.2) is 75.4 Å². The molecule has 15 nitrogen and oxygen atoms in total. The number of alkyl carbamates (subject to hydrolysis) is 1. The molecule has 2 aromatic carbocycles. The molecule has 1 amide bonds. The second kappa shape index (κ2) is 16.3. The Balaban J connectivity index is 1.96. The van der Waals surface area contributed by atoms with Crippen LogP contribution in [0.2, 0.25) is 0 Å². The van der Waals surface area contributed by atoms with Gasteiger partial charge in [0.1, 0.15) is 17.5 Å². The van der Waals surface area contributed by atoms with Crippen LogP contribution in [0, 0.1) is 13.8 Å². The van der Waals surface area contributed by atoms with E-state index in [4.69, 9.17) is 25.7 Å². The number of carbonyl (C=O) groups excluding carboxylic acids is 3. The first-order valence-corrected chi connectivity index (χ1v) is 16.1.